The van der Waals surface area contributed by atoms with Crippen LogP contribution >= 0.6 is 0 Å². The van der Waals surface area contributed by atoms with Gasteiger partial charge in [0.1, 0.15) is 18.0 Å². The lowest BCUT2D eigenvalue weighted by molar-refractivity contribution is -0.187. The Morgan fingerprint density at radius 3 is 2.43 bits per heavy atom. The molecule has 2 saturated heterocycles. The summed E-state index contributed by atoms with van der Waals surface area (Å²) in [6, 6.07) is 14.0. The second kappa shape index (κ2) is 10.4. The molecule has 4 amide bonds. The van der Waals surface area contributed by atoms with E-state index in [0.717, 1.165) is 17.5 Å². The molecule has 0 aromatic heterocycles. The monoisotopic (exact) mass is 481 g/mol. The Kier molecular flexibility index (Phi) is 7.35. The molecule has 0 spiro atoms. The van der Waals surface area contributed by atoms with Crippen molar-refractivity contribution >= 4 is 17.8 Å². The summed E-state index contributed by atoms with van der Waals surface area (Å²) in [7, 11) is 1.69. The van der Waals surface area contributed by atoms with Crippen LogP contribution in [0.5, 0.6) is 0 Å². The molecule has 9 heteroatoms. The molecule has 0 saturated carbocycles. The number of nitrogens with zero attached hydrogens (tertiary/aromatic N) is 4. The molecule has 2 heterocycles. The van der Waals surface area contributed by atoms with E-state index in [9.17, 15) is 18.8 Å². The number of benzene rings is 2. The van der Waals surface area contributed by atoms with E-state index in [2.05, 4.69) is 19.2 Å². The average molecular weight is 482 g/mol. The number of amides is 4. The van der Waals surface area contributed by atoms with Crippen LogP contribution < -0.4 is 5.32 Å². The van der Waals surface area contributed by atoms with Gasteiger partial charge in [-0.05, 0) is 35.6 Å². The standard InChI is InChI=1S/C26H32FN5O3/c1-18(2)13-14-30-16-22-31(24(25(30)34)20-7-5-4-6-8-20)23(33)17-29(3)32(22)26(35)28-15-19-9-11-21(27)12-10-19/h4-12,18,22,24H,13-17H2,1-3H3,(H,28,35)/t22-,24-/m0/s1. The number of fused-ring (bicyclic) bond motifs is 1. The number of nitrogens with one attached hydrogen (secondary N) is 1. The molecule has 2 aliphatic heterocycles. The molecule has 0 unspecified atom stereocenters. The van der Waals surface area contributed by atoms with Crippen LogP contribution in [-0.4, -0.2) is 70.5 Å². The highest BCUT2D eigenvalue weighted by Gasteiger charge is 2.51. The SMILES string of the molecule is CC(C)CCN1C[C@H]2N(C(=O)CN(C)N2C(=O)NCc2ccc(F)cc2)[C@@H](c2ccccc2)C1=O. The smallest absolute Gasteiger partial charge is 0.334 e. The molecule has 2 aromatic carbocycles. The number of urea groups is 1. The minimum Gasteiger partial charge on any atom is -0.337 e. The predicted octanol–water partition coefficient (Wildman–Crippen LogP) is 2.98. The highest BCUT2D eigenvalue weighted by atomic mass is 19.1. The van der Waals surface area contributed by atoms with Crippen molar-refractivity contribution in [3.8, 4) is 0 Å². The molecular weight excluding hydrogens is 449 g/mol. The van der Waals surface area contributed by atoms with Crippen molar-refractivity contribution in [2.24, 2.45) is 5.92 Å². The summed E-state index contributed by atoms with van der Waals surface area (Å²) in [6.45, 7) is 5.17. The average Bonchev–Trinajstić information content (AvgIpc) is 2.83. The maximum absolute atomic E-state index is 13.6. The Bertz CT molecular complexity index is 1060. The van der Waals surface area contributed by atoms with E-state index in [1.165, 1.54) is 17.1 Å². The first-order chi connectivity index (χ1) is 16.8. The minimum absolute atomic E-state index is 0.0247. The number of carbonyl (C=O) groups excluding carboxylic acids is 3. The zero-order chi connectivity index (χ0) is 25.1. The maximum atomic E-state index is 13.6. The number of halogens is 1. The fourth-order valence-electron chi connectivity index (χ4n) is 4.63. The van der Waals surface area contributed by atoms with Gasteiger partial charge >= 0.3 is 6.03 Å². The van der Waals surface area contributed by atoms with Crippen LogP contribution in [0.25, 0.3) is 0 Å². The van der Waals surface area contributed by atoms with E-state index in [-0.39, 0.29) is 43.3 Å². The van der Waals surface area contributed by atoms with E-state index in [1.54, 1.807) is 34.0 Å². The van der Waals surface area contributed by atoms with Crippen LogP contribution in [0, 0.1) is 11.7 Å². The van der Waals surface area contributed by atoms with Gasteiger partial charge in [-0.2, -0.15) is 0 Å². The predicted molar refractivity (Wildman–Crippen MR) is 129 cm³/mol. The lowest BCUT2D eigenvalue weighted by Gasteiger charge is -2.54. The van der Waals surface area contributed by atoms with Crippen LogP contribution in [0.15, 0.2) is 54.6 Å². The highest BCUT2D eigenvalue weighted by Crippen LogP contribution is 2.34. The zero-order valence-electron chi connectivity index (χ0n) is 20.4. The Morgan fingerprint density at radius 1 is 1.09 bits per heavy atom. The van der Waals surface area contributed by atoms with Crippen molar-refractivity contribution in [1.29, 1.82) is 0 Å². The lowest BCUT2D eigenvalue weighted by Crippen LogP contribution is -2.73. The fraction of sp³-hybridized carbons (Fsp3) is 0.423. The molecule has 8 nitrogen and oxygen atoms in total. The molecule has 186 valence electrons. The summed E-state index contributed by atoms with van der Waals surface area (Å²) in [5.74, 6) is -0.268. The third kappa shape index (κ3) is 5.30. The van der Waals surface area contributed by atoms with Crippen molar-refractivity contribution in [3.05, 3.63) is 71.5 Å². The quantitative estimate of drug-likeness (QED) is 0.688. The van der Waals surface area contributed by atoms with E-state index >= 15 is 0 Å². The second-order valence-electron chi connectivity index (χ2n) is 9.51. The van der Waals surface area contributed by atoms with Crippen molar-refractivity contribution in [1.82, 2.24) is 25.1 Å². The van der Waals surface area contributed by atoms with E-state index in [4.69, 9.17) is 0 Å². The van der Waals surface area contributed by atoms with Gasteiger partial charge in [0, 0.05) is 20.1 Å². The third-order valence-electron chi connectivity index (χ3n) is 6.49. The normalized spacial score (nSPS) is 20.9. The van der Waals surface area contributed by atoms with Gasteiger partial charge in [0.05, 0.1) is 13.1 Å². The Balaban J connectivity index is 1.63. The molecule has 0 bridgehead atoms. The van der Waals surface area contributed by atoms with E-state index in [1.807, 2.05) is 30.3 Å². The summed E-state index contributed by atoms with van der Waals surface area (Å²) in [4.78, 5) is 43.5. The van der Waals surface area contributed by atoms with Crippen LogP contribution in [0.1, 0.15) is 37.4 Å². The van der Waals surface area contributed by atoms with Gasteiger partial charge < -0.3 is 15.1 Å². The molecule has 2 aromatic rings. The first-order valence-electron chi connectivity index (χ1n) is 11.9. The van der Waals surface area contributed by atoms with Crippen LogP contribution in [0.3, 0.4) is 0 Å². The fourth-order valence-corrected chi connectivity index (χ4v) is 4.63. The van der Waals surface area contributed by atoms with Crippen LogP contribution in [0.2, 0.25) is 0 Å². The van der Waals surface area contributed by atoms with E-state index in [0.29, 0.717) is 12.5 Å². The Labute approximate surface area is 205 Å². The molecular formula is C26H32FN5O3. The minimum atomic E-state index is -0.796. The van der Waals surface area contributed by atoms with Gasteiger partial charge in [0.25, 0.3) is 0 Å². The van der Waals surface area contributed by atoms with Crippen molar-refractivity contribution in [2.75, 3.05) is 26.7 Å². The highest BCUT2D eigenvalue weighted by molar-refractivity contribution is 5.92. The molecule has 0 aliphatic carbocycles. The summed E-state index contributed by atoms with van der Waals surface area (Å²) >= 11 is 0. The molecule has 0 radical (unpaired) electrons. The first-order valence-corrected chi connectivity index (χ1v) is 11.9. The van der Waals surface area contributed by atoms with Gasteiger partial charge in [0.15, 0.2) is 0 Å². The number of rotatable bonds is 6. The van der Waals surface area contributed by atoms with Gasteiger partial charge in [-0.25, -0.2) is 19.2 Å². The van der Waals surface area contributed by atoms with Crippen molar-refractivity contribution < 1.29 is 18.8 Å². The topological polar surface area (TPSA) is 76.2 Å². The first kappa shape index (κ1) is 24.7. The largest absolute Gasteiger partial charge is 0.337 e. The van der Waals surface area contributed by atoms with Crippen molar-refractivity contribution in [3.63, 3.8) is 0 Å². The summed E-state index contributed by atoms with van der Waals surface area (Å²) < 4.78 is 13.2. The van der Waals surface area contributed by atoms with Crippen LogP contribution in [-0.2, 0) is 16.1 Å². The van der Waals surface area contributed by atoms with Crippen LogP contribution in [0.4, 0.5) is 9.18 Å². The van der Waals surface area contributed by atoms with Gasteiger partial charge in [-0.3, -0.25) is 9.59 Å². The zero-order valence-corrected chi connectivity index (χ0v) is 20.4. The lowest BCUT2D eigenvalue weighted by atomic mass is 9.98. The van der Waals surface area contributed by atoms with Gasteiger partial charge in [0.2, 0.25) is 11.8 Å². The van der Waals surface area contributed by atoms with Crippen molar-refractivity contribution in [2.45, 2.75) is 39.0 Å². The maximum Gasteiger partial charge on any atom is 0.334 e. The number of likely N-dealkylation sites (N-methyl/N-ethyl adjacent to an activating group) is 1. The molecule has 2 fully saturated rings. The molecule has 4 rings (SSSR count). The number of hydrogen-bond acceptors (Lipinski definition) is 4. The summed E-state index contributed by atoms with van der Waals surface area (Å²) in [5, 5.41) is 6.00. The summed E-state index contributed by atoms with van der Waals surface area (Å²) in [5.41, 5.74) is 1.48. The second-order valence-corrected chi connectivity index (χ2v) is 9.51. The Hall–Kier alpha value is -3.46. The molecule has 1 N–H and O–H groups in total. The Morgan fingerprint density at radius 2 is 1.77 bits per heavy atom. The number of carbonyl (C=O) groups is 3. The van der Waals surface area contributed by atoms with Gasteiger partial charge in [-0.15, -0.1) is 0 Å². The van der Waals surface area contributed by atoms with E-state index < -0.39 is 12.2 Å². The number of piperazine rings is 1. The molecule has 2 aliphatic rings. The number of hydrazine groups is 1. The van der Waals surface area contributed by atoms with Gasteiger partial charge in [-0.1, -0.05) is 56.3 Å². The molecule has 2 atom stereocenters. The third-order valence-corrected chi connectivity index (χ3v) is 6.49. The molecule has 35 heavy (non-hydrogen) atoms. The summed E-state index contributed by atoms with van der Waals surface area (Å²) in [6.07, 6.45) is 0.171. The number of hydrogen-bond donors (Lipinski definition) is 1.